The van der Waals surface area contributed by atoms with E-state index >= 15 is 0 Å². The number of nitrogen functional groups attached to an aromatic ring is 1. The lowest BCUT2D eigenvalue weighted by Crippen LogP contribution is -2.41. The highest BCUT2D eigenvalue weighted by Crippen LogP contribution is 2.30. The largest absolute Gasteiger partial charge is 0.396 e. The molecule has 1 aromatic rings. The zero-order chi connectivity index (χ0) is 14.7. The molecule has 1 aliphatic heterocycles. The Morgan fingerprint density at radius 1 is 1.45 bits per heavy atom. The molecular formula is C14H18Cl2N2O2. The molecule has 0 radical (unpaired) electrons. The normalized spacial score (nSPS) is 19.1. The van der Waals surface area contributed by atoms with Gasteiger partial charge >= 0.3 is 0 Å². The van der Waals surface area contributed by atoms with Gasteiger partial charge in [0, 0.05) is 25.8 Å². The fourth-order valence-corrected chi connectivity index (χ4v) is 3.00. The molecule has 2 rings (SSSR count). The minimum absolute atomic E-state index is 0.0606. The maximum absolute atomic E-state index is 12.5. The van der Waals surface area contributed by atoms with Gasteiger partial charge in [0.05, 0.1) is 22.3 Å². The molecule has 1 aliphatic rings. The molecule has 0 aliphatic carbocycles. The minimum atomic E-state index is -0.0606. The van der Waals surface area contributed by atoms with Gasteiger partial charge in [-0.1, -0.05) is 23.2 Å². The van der Waals surface area contributed by atoms with Crippen LogP contribution in [0.25, 0.3) is 0 Å². The van der Waals surface area contributed by atoms with E-state index in [9.17, 15) is 4.79 Å². The maximum Gasteiger partial charge on any atom is 0.253 e. The molecule has 1 unspecified atom stereocenters. The monoisotopic (exact) mass is 316 g/mol. The first kappa shape index (κ1) is 15.4. The highest BCUT2D eigenvalue weighted by atomic mass is 35.5. The van der Waals surface area contributed by atoms with Crippen LogP contribution < -0.4 is 5.73 Å². The number of halogens is 2. The molecule has 20 heavy (non-hydrogen) atoms. The van der Waals surface area contributed by atoms with Crippen LogP contribution in [0.4, 0.5) is 5.69 Å². The summed E-state index contributed by atoms with van der Waals surface area (Å²) >= 11 is 12.0. The maximum atomic E-state index is 12.5. The number of nitrogens with zero attached hydrogens (tertiary/aromatic N) is 1. The molecule has 0 bridgehead atoms. The van der Waals surface area contributed by atoms with Gasteiger partial charge in [-0.25, -0.2) is 0 Å². The molecular weight excluding hydrogens is 299 g/mol. The summed E-state index contributed by atoms with van der Waals surface area (Å²) in [6, 6.07) is 3.15. The Labute approximate surface area is 128 Å². The Bertz CT molecular complexity index is 483. The number of carbonyl (C=O) groups excluding carboxylic acids is 1. The van der Waals surface area contributed by atoms with E-state index in [1.54, 1.807) is 19.2 Å². The Morgan fingerprint density at radius 3 is 2.70 bits per heavy atom. The van der Waals surface area contributed by atoms with Crippen molar-refractivity contribution in [3.8, 4) is 0 Å². The van der Waals surface area contributed by atoms with Gasteiger partial charge in [-0.05, 0) is 30.9 Å². The summed E-state index contributed by atoms with van der Waals surface area (Å²) in [6.07, 6.45) is 2.07. The van der Waals surface area contributed by atoms with E-state index in [2.05, 4.69) is 0 Å². The van der Waals surface area contributed by atoms with Crippen molar-refractivity contribution in [1.29, 1.82) is 0 Å². The first-order chi connectivity index (χ1) is 9.52. The number of hydrogen-bond donors (Lipinski definition) is 1. The molecule has 1 atom stereocenters. The second kappa shape index (κ2) is 6.66. The van der Waals surface area contributed by atoms with Gasteiger partial charge < -0.3 is 15.4 Å². The molecule has 2 N–H and O–H groups in total. The number of rotatable bonds is 3. The van der Waals surface area contributed by atoms with E-state index < -0.39 is 0 Å². The van der Waals surface area contributed by atoms with Crippen LogP contribution in [0.2, 0.25) is 10.0 Å². The van der Waals surface area contributed by atoms with Crippen molar-refractivity contribution in [2.24, 2.45) is 5.92 Å². The van der Waals surface area contributed by atoms with Crippen molar-refractivity contribution in [2.45, 2.75) is 12.8 Å². The van der Waals surface area contributed by atoms with Crippen LogP contribution >= 0.6 is 23.2 Å². The van der Waals surface area contributed by atoms with E-state index in [-0.39, 0.29) is 5.91 Å². The first-order valence-electron chi connectivity index (χ1n) is 6.55. The average molecular weight is 317 g/mol. The van der Waals surface area contributed by atoms with Gasteiger partial charge in [-0.2, -0.15) is 0 Å². The first-order valence-corrected chi connectivity index (χ1v) is 7.31. The number of ether oxygens (including phenoxy) is 1. The summed E-state index contributed by atoms with van der Waals surface area (Å²) < 4.78 is 5.17. The smallest absolute Gasteiger partial charge is 0.253 e. The van der Waals surface area contributed by atoms with Crippen molar-refractivity contribution in [2.75, 3.05) is 32.5 Å². The molecule has 110 valence electrons. The highest BCUT2D eigenvalue weighted by Gasteiger charge is 2.25. The summed E-state index contributed by atoms with van der Waals surface area (Å²) in [5.41, 5.74) is 6.47. The summed E-state index contributed by atoms with van der Waals surface area (Å²) in [4.78, 5) is 14.3. The fourth-order valence-electron chi connectivity index (χ4n) is 2.51. The predicted octanol–water partition coefficient (Wildman–Crippen LogP) is 3.07. The lowest BCUT2D eigenvalue weighted by molar-refractivity contribution is 0.0571. The van der Waals surface area contributed by atoms with Crippen LogP contribution in [-0.4, -0.2) is 37.6 Å². The van der Waals surface area contributed by atoms with Gasteiger partial charge in [0.1, 0.15) is 0 Å². The number of piperidine rings is 1. The molecule has 1 fully saturated rings. The molecule has 0 aromatic heterocycles. The third kappa shape index (κ3) is 3.37. The summed E-state index contributed by atoms with van der Waals surface area (Å²) in [5.74, 6) is 0.326. The van der Waals surface area contributed by atoms with Gasteiger partial charge in [-0.15, -0.1) is 0 Å². The molecule has 1 saturated heterocycles. The Hall–Kier alpha value is -0.970. The van der Waals surface area contributed by atoms with Crippen LogP contribution in [-0.2, 0) is 4.74 Å². The quantitative estimate of drug-likeness (QED) is 0.872. The lowest BCUT2D eigenvalue weighted by Gasteiger charge is -2.32. The van der Waals surface area contributed by atoms with Crippen LogP contribution in [0.15, 0.2) is 12.1 Å². The molecule has 1 heterocycles. The van der Waals surface area contributed by atoms with E-state index in [1.807, 2.05) is 4.90 Å². The third-order valence-electron chi connectivity index (χ3n) is 3.53. The van der Waals surface area contributed by atoms with Gasteiger partial charge in [0.25, 0.3) is 5.91 Å². The number of methoxy groups -OCH3 is 1. The lowest BCUT2D eigenvalue weighted by atomic mass is 9.98. The number of amides is 1. The predicted molar refractivity (Wildman–Crippen MR) is 81.4 cm³/mol. The minimum Gasteiger partial charge on any atom is -0.396 e. The van der Waals surface area contributed by atoms with E-state index in [4.69, 9.17) is 33.7 Å². The van der Waals surface area contributed by atoms with E-state index in [0.29, 0.717) is 40.4 Å². The number of likely N-dealkylation sites (tertiary alicyclic amines) is 1. The molecule has 0 saturated carbocycles. The van der Waals surface area contributed by atoms with Crippen molar-refractivity contribution < 1.29 is 9.53 Å². The number of anilines is 1. The number of nitrogens with two attached hydrogens (primary N) is 1. The zero-order valence-corrected chi connectivity index (χ0v) is 12.9. The van der Waals surface area contributed by atoms with Crippen molar-refractivity contribution >= 4 is 34.8 Å². The van der Waals surface area contributed by atoms with E-state index in [0.717, 1.165) is 19.4 Å². The molecule has 0 spiro atoms. The van der Waals surface area contributed by atoms with Crippen molar-refractivity contribution in [3.05, 3.63) is 27.7 Å². The second-order valence-electron chi connectivity index (χ2n) is 5.07. The topological polar surface area (TPSA) is 55.6 Å². The second-order valence-corrected chi connectivity index (χ2v) is 5.88. The average Bonchev–Trinajstić information content (AvgIpc) is 2.44. The van der Waals surface area contributed by atoms with E-state index in [1.165, 1.54) is 0 Å². The zero-order valence-electron chi connectivity index (χ0n) is 11.4. The fraction of sp³-hybridized carbons (Fsp3) is 0.500. The van der Waals surface area contributed by atoms with Crippen LogP contribution in [0.5, 0.6) is 0 Å². The molecule has 1 aromatic carbocycles. The summed E-state index contributed by atoms with van der Waals surface area (Å²) in [5, 5.41) is 0.623. The number of hydrogen-bond acceptors (Lipinski definition) is 3. The highest BCUT2D eigenvalue weighted by molar-refractivity contribution is 6.39. The van der Waals surface area contributed by atoms with Crippen LogP contribution in [0.1, 0.15) is 23.2 Å². The Balaban J connectivity index is 2.14. The summed E-state index contributed by atoms with van der Waals surface area (Å²) in [6.45, 7) is 2.12. The standard InChI is InChI=1S/C14H18Cl2N2O2/c1-20-8-9-3-2-4-18(7-9)14(19)10-5-11(15)13(17)12(16)6-10/h5-6,9H,2-4,7-8,17H2,1H3. The molecule has 4 nitrogen and oxygen atoms in total. The van der Waals surface area contributed by atoms with Crippen molar-refractivity contribution in [1.82, 2.24) is 4.90 Å². The van der Waals surface area contributed by atoms with Gasteiger partial charge in [-0.3, -0.25) is 4.79 Å². The van der Waals surface area contributed by atoms with Crippen LogP contribution in [0.3, 0.4) is 0 Å². The number of carbonyl (C=O) groups is 1. The Kier molecular flexibility index (Phi) is 5.13. The molecule has 6 heteroatoms. The Morgan fingerprint density at radius 2 is 2.10 bits per heavy atom. The van der Waals surface area contributed by atoms with Crippen molar-refractivity contribution in [3.63, 3.8) is 0 Å². The molecule has 1 amide bonds. The van der Waals surface area contributed by atoms with Gasteiger partial charge in [0.15, 0.2) is 0 Å². The third-order valence-corrected chi connectivity index (χ3v) is 4.16. The number of benzene rings is 1. The van der Waals surface area contributed by atoms with Crippen LogP contribution in [0, 0.1) is 5.92 Å². The SMILES string of the molecule is COCC1CCCN(C(=O)c2cc(Cl)c(N)c(Cl)c2)C1. The summed E-state index contributed by atoms with van der Waals surface area (Å²) in [7, 11) is 1.68. The van der Waals surface area contributed by atoms with Gasteiger partial charge in [0.2, 0.25) is 0 Å².